The van der Waals surface area contributed by atoms with Crippen LogP contribution in [0.15, 0.2) is 58.2 Å². The number of nitrogens with one attached hydrogen (secondary N) is 1. The molecule has 0 aliphatic carbocycles. The van der Waals surface area contributed by atoms with Crippen LogP contribution >= 0.6 is 0 Å². The second-order valence-corrected chi connectivity index (χ2v) is 6.52. The van der Waals surface area contributed by atoms with Crippen molar-refractivity contribution in [2.45, 2.75) is 26.9 Å². The van der Waals surface area contributed by atoms with Crippen molar-refractivity contribution in [2.75, 3.05) is 0 Å². The lowest BCUT2D eigenvalue weighted by molar-refractivity contribution is -0.121. The summed E-state index contributed by atoms with van der Waals surface area (Å²) in [7, 11) is 0. The molecule has 0 aliphatic rings. The van der Waals surface area contributed by atoms with Crippen LogP contribution in [0, 0.1) is 13.8 Å². The molecule has 4 aromatic rings. The van der Waals surface area contributed by atoms with Crippen molar-refractivity contribution in [3.63, 3.8) is 0 Å². The number of carbonyl (C=O) groups excluding carboxylic acids is 1. The lowest BCUT2D eigenvalue weighted by Gasteiger charge is -2.07. The highest BCUT2D eigenvalue weighted by Crippen LogP contribution is 2.16. The fraction of sp³-hybridized carbons (Fsp3) is 0.200. The minimum Gasteiger partial charge on any atom is -0.467 e. The highest BCUT2D eigenvalue weighted by Gasteiger charge is 2.10. The number of hydrogen-bond acceptors (Lipinski definition) is 5. The number of aryl methyl sites for hydroxylation is 1. The van der Waals surface area contributed by atoms with Crippen molar-refractivity contribution in [3.8, 4) is 0 Å². The number of rotatable bonds is 6. The maximum absolute atomic E-state index is 12.2. The van der Waals surface area contributed by atoms with Crippen LogP contribution in [0.2, 0.25) is 0 Å². The number of carbonyl (C=O) groups is 1. The molecule has 1 aromatic carbocycles. The summed E-state index contributed by atoms with van der Waals surface area (Å²) in [5.74, 6) is 0.620. The predicted octanol–water partition coefficient (Wildman–Crippen LogP) is 2.64. The van der Waals surface area contributed by atoms with Crippen molar-refractivity contribution in [1.82, 2.24) is 25.0 Å². The van der Waals surface area contributed by atoms with Crippen LogP contribution < -0.4 is 5.43 Å². The molecule has 0 unspecified atom stereocenters. The number of hydrogen-bond donors (Lipinski definition) is 1. The summed E-state index contributed by atoms with van der Waals surface area (Å²) in [6, 6.07) is 13.3. The van der Waals surface area contributed by atoms with Gasteiger partial charge in [0.2, 0.25) is 0 Å². The summed E-state index contributed by atoms with van der Waals surface area (Å²) in [6.07, 6.45) is 3.32. The molecule has 0 fully saturated rings. The van der Waals surface area contributed by atoms with Gasteiger partial charge < -0.3 is 8.98 Å². The maximum atomic E-state index is 12.2. The molecule has 3 aromatic heterocycles. The Morgan fingerprint density at radius 2 is 2.11 bits per heavy atom. The van der Waals surface area contributed by atoms with Crippen molar-refractivity contribution in [3.05, 3.63) is 71.4 Å². The molecule has 8 nitrogen and oxygen atoms in total. The smallest absolute Gasteiger partial charge is 0.261 e. The first-order valence-corrected chi connectivity index (χ1v) is 8.91. The van der Waals surface area contributed by atoms with Gasteiger partial charge in [-0.2, -0.15) is 5.10 Å². The highest BCUT2D eigenvalue weighted by atomic mass is 16.3. The van der Waals surface area contributed by atoms with Crippen LogP contribution in [0.5, 0.6) is 0 Å². The minimum atomic E-state index is -0.267. The summed E-state index contributed by atoms with van der Waals surface area (Å²) in [4.78, 5) is 12.2. The number of amides is 1. The Kier molecular flexibility index (Phi) is 4.76. The van der Waals surface area contributed by atoms with Gasteiger partial charge in [0, 0.05) is 17.0 Å². The zero-order valence-corrected chi connectivity index (χ0v) is 15.7. The molecule has 0 saturated carbocycles. The molecule has 0 radical (unpaired) electrons. The first kappa shape index (κ1) is 17.7. The third-order valence-corrected chi connectivity index (χ3v) is 4.61. The van der Waals surface area contributed by atoms with Crippen LogP contribution in [0.4, 0.5) is 0 Å². The normalized spacial score (nSPS) is 11.5. The van der Waals surface area contributed by atoms with Gasteiger partial charge in [-0.05, 0) is 44.2 Å². The van der Waals surface area contributed by atoms with Crippen LogP contribution in [0.1, 0.15) is 22.7 Å². The largest absolute Gasteiger partial charge is 0.467 e. The monoisotopic (exact) mass is 376 g/mol. The lowest BCUT2D eigenvalue weighted by Crippen LogP contribution is -2.23. The molecule has 0 saturated heterocycles. The number of aromatic nitrogens is 4. The Bertz CT molecular complexity index is 1140. The molecule has 4 rings (SSSR count). The van der Waals surface area contributed by atoms with Gasteiger partial charge in [-0.15, -0.1) is 5.10 Å². The van der Waals surface area contributed by atoms with E-state index in [0.29, 0.717) is 6.54 Å². The molecule has 3 heterocycles. The van der Waals surface area contributed by atoms with E-state index in [1.807, 2.05) is 56.3 Å². The molecule has 0 atom stereocenters. The molecule has 8 heteroatoms. The SMILES string of the molecule is Cc1cc(/C=N\NC(=O)Cn2nnc3ccccc32)c(C)n1Cc1ccco1. The van der Waals surface area contributed by atoms with Crippen molar-refractivity contribution in [1.29, 1.82) is 0 Å². The van der Waals surface area contributed by atoms with Crippen molar-refractivity contribution < 1.29 is 9.21 Å². The van der Waals surface area contributed by atoms with Gasteiger partial charge in [-0.25, -0.2) is 10.1 Å². The molecule has 0 bridgehead atoms. The van der Waals surface area contributed by atoms with Crippen molar-refractivity contribution in [2.24, 2.45) is 5.10 Å². The number of para-hydroxylation sites is 1. The molecule has 142 valence electrons. The predicted molar refractivity (Wildman–Crippen MR) is 105 cm³/mol. The van der Waals surface area contributed by atoms with E-state index in [4.69, 9.17) is 4.42 Å². The Balaban J connectivity index is 1.41. The summed E-state index contributed by atoms with van der Waals surface area (Å²) in [6.45, 7) is 4.75. The maximum Gasteiger partial charge on any atom is 0.261 e. The number of nitrogens with zero attached hydrogens (tertiary/aromatic N) is 5. The Morgan fingerprint density at radius 3 is 2.93 bits per heavy atom. The van der Waals surface area contributed by atoms with Gasteiger partial charge in [-0.3, -0.25) is 4.79 Å². The van der Waals surface area contributed by atoms with Gasteiger partial charge in [0.05, 0.1) is 24.5 Å². The van der Waals surface area contributed by atoms with E-state index in [1.165, 1.54) is 0 Å². The molecular formula is C20H20N6O2. The Labute approximate surface area is 161 Å². The number of furan rings is 1. The topological polar surface area (TPSA) is 90.2 Å². The standard InChI is InChI=1S/C20H20N6O2/c1-14-10-16(15(2)25(14)12-17-6-5-9-28-17)11-21-23-20(27)13-26-19-8-4-3-7-18(19)22-24-26/h3-11H,12-13H2,1-2H3,(H,23,27)/b21-11-. The van der Waals surface area contributed by atoms with E-state index in [0.717, 1.165) is 33.7 Å². The van der Waals surface area contributed by atoms with Gasteiger partial charge in [0.15, 0.2) is 0 Å². The van der Waals surface area contributed by atoms with E-state index >= 15 is 0 Å². The third kappa shape index (κ3) is 3.57. The number of benzene rings is 1. The Hall–Kier alpha value is -3.68. The number of fused-ring (bicyclic) bond motifs is 1. The molecule has 1 amide bonds. The van der Waals surface area contributed by atoms with Crippen molar-refractivity contribution >= 4 is 23.2 Å². The van der Waals surface area contributed by atoms with Gasteiger partial charge in [0.1, 0.15) is 17.8 Å². The number of hydrazone groups is 1. The average Bonchev–Trinajstić information content (AvgIpc) is 3.40. The summed E-state index contributed by atoms with van der Waals surface area (Å²) < 4.78 is 9.12. The molecule has 1 N–H and O–H groups in total. The second-order valence-electron chi connectivity index (χ2n) is 6.52. The third-order valence-electron chi connectivity index (χ3n) is 4.61. The molecular weight excluding hydrogens is 356 g/mol. The van der Waals surface area contributed by atoms with Crippen LogP contribution in [-0.2, 0) is 17.9 Å². The molecule has 28 heavy (non-hydrogen) atoms. The van der Waals surface area contributed by atoms with E-state index in [-0.39, 0.29) is 12.5 Å². The highest BCUT2D eigenvalue weighted by molar-refractivity contribution is 5.84. The quantitative estimate of drug-likeness (QED) is 0.414. The molecule has 0 spiro atoms. The second kappa shape index (κ2) is 7.51. The van der Waals surface area contributed by atoms with E-state index in [1.54, 1.807) is 17.2 Å². The average molecular weight is 376 g/mol. The minimum absolute atomic E-state index is 0.0510. The van der Waals surface area contributed by atoms with E-state index in [9.17, 15) is 4.79 Å². The van der Waals surface area contributed by atoms with Crippen LogP contribution in [-0.4, -0.2) is 31.7 Å². The summed E-state index contributed by atoms with van der Waals surface area (Å²) >= 11 is 0. The fourth-order valence-electron chi connectivity index (χ4n) is 3.14. The fourth-order valence-corrected chi connectivity index (χ4v) is 3.14. The van der Waals surface area contributed by atoms with Gasteiger partial charge in [0.25, 0.3) is 5.91 Å². The zero-order chi connectivity index (χ0) is 19.5. The summed E-state index contributed by atoms with van der Waals surface area (Å²) in [5, 5.41) is 12.1. The van der Waals surface area contributed by atoms with Gasteiger partial charge in [-0.1, -0.05) is 17.3 Å². The van der Waals surface area contributed by atoms with E-state index in [2.05, 4.69) is 25.4 Å². The molecule has 0 aliphatic heterocycles. The van der Waals surface area contributed by atoms with Crippen LogP contribution in [0.3, 0.4) is 0 Å². The van der Waals surface area contributed by atoms with Crippen LogP contribution in [0.25, 0.3) is 11.0 Å². The van der Waals surface area contributed by atoms with E-state index < -0.39 is 0 Å². The zero-order valence-electron chi connectivity index (χ0n) is 15.7. The Morgan fingerprint density at radius 1 is 1.25 bits per heavy atom. The summed E-state index contributed by atoms with van der Waals surface area (Å²) in [5.41, 5.74) is 7.19. The lowest BCUT2D eigenvalue weighted by atomic mass is 10.3. The van der Waals surface area contributed by atoms with Gasteiger partial charge >= 0.3 is 0 Å². The first-order valence-electron chi connectivity index (χ1n) is 8.91. The first-order chi connectivity index (χ1) is 13.6.